The van der Waals surface area contributed by atoms with Crippen LogP contribution in [0.5, 0.6) is 11.5 Å². The van der Waals surface area contributed by atoms with Crippen LogP contribution in [0.2, 0.25) is 5.15 Å². The van der Waals surface area contributed by atoms with Crippen molar-refractivity contribution in [3.8, 4) is 22.9 Å². The molecule has 6 heteroatoms. The van der Waals surface area contributed by atoms with E-state index in [1.54, 1.807) is 14.2 Å². The van der Waals surface area contributed by atoms with Gasteiger partial charge in [0.2, 0.25) is 0 Å². The fourth-order valence-electron chi connectivity index (χ4n) is 2.17. The molecule has 0 saturated heterocycles. The molecule has 0 amide bonds. The molecule has 3 rings (SSSR count). The Morgan fingerprint density at radius 3 is 2.57 bits per heavy atom. The molecule has 1 aliphatic rings. The third-order valence-electron chi connectivity index (χ3n) is 3.45. The van der Waals surface area contributed by atoms with Crippen LogP contribution in [0, 0.1) is 0 Å². The summed E-state index contributed by atoms with van der Waals surface area (Å²) in [5, 5.41) is 0.430. The molecule has 2 aromatic rings. The summed E-state index contributed by atoms with van der Waals surface area (Å²) in [6.07, 6.45) is 2.29. The van der Waals surface area contributed by atoms with E-state index < -0.39 is 0 Å². The lowest BCUT2D eigenvalue weighted by atomic mass is 10.1. The molecular weight excluding hydrogens is 356 g/mol. The minimum Gasteiger partial charge on any atom is -0.497 e. The van der Waals surface area contributed by atoms with E-state index in [-0.39, 0.29) is 0 Å². The summed E-state index contributed by atoms with van der Waals surface area (Å²) in [5.41, 5.74) is 1.78. The third kappa shape index (κ3) is 2.85. The molecule has 1 aromatic carbocycles. The van der Waals surface area contributed by atoms with Gasteiger partial charge >= 0.3 is 0 Å². The highest BCUT2D eigenvalue weighted by Crippen LogP contribution is 2.44. The van der Waals surface area contributed by atoms with Crippen molar-refractivity contribution in [2.24, 2.45) is 0 Å². The number of benzene rings is 1. The smallest absolute Gasteiger partial charge is 0.164 e. The van der Waals surface area contributed by atoms with Crippen LogP contribution in [0.3, 0.4) is 0 Å². The Kier molecular flexibility index (Phi) is 4.04. The van der Waals surface area contributed by atoms with Crippen LogP contribution in [0.15, 0.2) is 22.7 Å². The van der Waals surface area contributed by atoms with E-state index in [0.717, 1.165) is 34.3 Å². The maximum atomic E-state index is 6.23. The van der Waals surface area contributed by atoms with Gasteiger partial charge in [0, 0.05) is 12.0 Å². The molecule has 0 atom stereocenters. The fourth-order valence-corrected chi connectivity index (χ4v) is 2.84. The van der Waals surface area contributed by atoms with Gasteiger partial charge in [0.15, 0.2) is 5.82 Å². The minimum atomic E-state index is 0.430. The number of methoxy groups -OCH3 is 2. The van der Waals surface area contributed by atoms with Gasteiger partial charge in [0.05, 0.1) is 29.9 Å². The zero-order chi connectivity index (χ0) is 15.0. The Labute approximate surface area is 136 Å². The second kappa shape index (κ2) is 5.81. The number of nitrogens with zero attached hydrogens (tertiary/aromatic N) is 2. The lowest BCUT2D eigenvalue weighted by Gasteiger charge is -2.11. The normalized spacial score (nSPS) is 14.1. The van der Waals surface area contributed by atoms with Crippen molar-refractivity contribution in [2.75, 3.05) is 14.2 Å². The number of aromatic nitrogens is 2. The standard InChI is InChI=1S/C15H14BrClN2O2/c1-20-9-5-6-10(11(7-9)21-2)15-18-13(8-3-4-8)12(16)14(17)19-15/h5-8H,3-4H2,1-2H3. The van der Waals surface area contributed by atoms with Crippen molar-refractivity contribution in [1.29, 1.82) is 0 Å². The average Bonchev–Trinajstić information content (AvgIpc) is 3.34. The van der Waals surface area contributed by atoms with Gasteiger partial charge in [-0.2, -0.15) is 0 Å². The molecule has 0 aliphatic heterocycles. The van der Waals surface area contributed by atoms with E-state index in [4.69, 9.17) is 21.1 Å². The Balaban J connectivity index is 2.12. The first kappa shape index (κ1) is 14.6. The van der Waals surface area contributed by atoms with Gasteiger partial charge in [0.25, 0.3) is 0 Å². The van der Waals surface area contributed by atoms with Gasteiger partial charge in [-0.15, -0.1) is 0 Å². The van der Waals surface area contributed by atoms with Crippen molar-refractivity contribution in [2.45, 2.75) is 18.8 Å². The molecule has 0 bridgehead atoms. The molecule has 1 aliphatic carbocycles. The number of ether oxygens (including phenoxy) is 2. The molecule has 1 saturated carbocycles. The minimum absolute atomic E-state index is 0.430. The van der Waals surface area contributed by atoms with Gasteiger partial charge in [-0.25, -0.2) is 9.97 Å². The largest absolute Gasteiger partial charge is 0.497 e. The topological polar surface area (TPSA) is 44.2 Å². The summed E-state index contributed by atoms with van der Waals surface area (Å²) < 4.78 is 11.4. The van der Waals surface area contributed by atoms with Crippen LogP contribution in [0.1, 0.15) is 24.5 Å². The van der Waals surface area contributed by atoms with Crippen LogP contribution >= 0.6 is 27.5 Å². The van der Waals surface area contributed by atoms with Crippen molar-refractivity contribution >= 4 is 27.5 Å². The summed E-state index contributed by atoms with van der Waals surface area (Å²) in [6, 6.07) is 5.55. The predicted octanol–water partition coefficient (Wildman–Crippen LogP) is 4.45. The van der Waals surface area contributed by atoms with Crippen molar-refractivity contribution in [1.82, 2.24) is 9.97 Å². The van der Waals surface area contributed by atoms with E-state index in [9.17, 15) is 0 Å². The quantitative estimate of drug-likeness (QED) is 0.747. The Bertz CT molecular complexity index is 690. The molecule has 21 heavy (non-hydrogen) atoms. The zero-order valence-electron chi connectivity index (χ0n) is 11.7. The van der Waals surface area contributed by atoms with Crippen LogP contribution in [0.4, 0.5) is 0 Å². The van der Waals surface area contributed by atoms with E-state index in [0.29, 0.717) is 22.6 Å². The molecule has 4 nitrogen and oxygen atoms in total. The molecule has 110 valence electrons. The number of hydrogen-bond donors (Lipinski definition) is 0. The van der Waals surface area contributed by atoms with E-state index >= 15 is 0 Å². The second-order valence-corrected chi connectivity index (χ2v) is 6.03. The molecular formula is C15H14BrClN2O2. The molecule has 1 heterocycles. The number of hydrogen-bond acceptors (Lipinski definition) is 4. The highest BCUT2D eigenvalue weighted by atomic mass is 79.9. The first-order valence-electron chi connectivity index (χ1n) is 6.59. The maximum absolute atomic E-state index is 6.23. The first-order chi connectivity index (χ1) is 10.1. The van der Waals surface area contributed by atoms with Gasteiger partial charge < -0.3 is 9.47 Å². The first-order valence-corrected chi connectivity index (χ1v) is 7.76. The molecule has 0 unspecified atom stereocenters. The molecule has 0 spiro atoms. The molecule has 0 radical (unpaired) electrons. The van der Waals surface area contributed by atoms with Gasteiger partial charge in [-0.1, -0.05) is 11.6 Å². The summed E-state index contributed by atoms with van der Waals surface area (Å²) in [7, 11) is 3.23. The number of halogens is 2. The molecule has 1 aromatic heterocycles. The zero-order valence-corrected chi connectivity index (χ0v) is 14.0. The highest BCUT2D eigenvalue weighted by molar-refractivity contribution is 9.10. The van der Waals surface area contributed by atoms with Gasteiger partial charge in [-0.05, 0) is 40.9 Å². The summed E-state index contributed by atoms with van der Waals surface area (Å²) in [5.74, 6) is 2.43. The lowest BCUT2D eigenvalue weighted by Crippen LogP contribution is -1.99. The van der Waals surface area contributed by atoms with E-state index in [1.165, 1.54) is 0 Å². The van der Waals surface area contributed by atoms with Gasteiger partial charge in [-0.3, -0.25) is 0 Å². The fraction of sp³-hybridized carbons (Fsp3) is 0.333. The van der Waals surface area contributed by atoms with E-state index in [1.807, 2.05) is 18.2 Å². The average molecular weight is 370 g/mol. The summed E-state index contributed by atoms with van der Waals surface area (Å²) >= 11 is 9.71. The summed E-state index contributed by atoms with van der Waals surface area (Å²) in [6.45, 7) is 0. The maximum Gasteiger partial charge on any atom is 0.164 e. The van der Waals surface area contributed by atoms with Crippen molar-refractivity contribution in [3.63, 3.8) is 0 Å². The van der Waals surface area contributed by atoms with Gasteiger partial charge in [0.1, 0.15) is 16.7 Å². The molecule has 0 N–H and O–H groups in total. The van der Waals surface area contributed by atoms with Crippen molar-refractivity contribution < 1.29 is 9.47 Å². The predicted molar refractivity (Wildman–Crippen MR) is 85.3 cm³/mol. The lowest BCUT2D eigenvalue weighted by molar-refractivity contribution is 0.395. The Hall–Kier alpha value is -1.33. The summed E-state index contributed by atoms with van der Waals surface area (Å²) in [4.78, 5) is 9.03. The monoisotopic (exact) mass is 368 g/mol. The van der Waals surface area contributed by atoms with Crippen molar-refractivity contribution in [3.05, 3.63) is 33.5 Å². The Morgan fingerprint density at radius 1 is 1.19 bits per heavy atom. The van der Waals surface area contributed by atoms with Crippen LogP contribution in [-0.2, 0) is 0 Å². The molecule has 1 fully saturated rings. The third-order valence-corrected chi connectivity index (χ3v) is 4.73. The van der Waals surface area contributed by atoms with E-state index in [2.05, 4.69) is 25.9 Å². The second-order valence-electron chi connectivity index (χ2n) is 4.88. The van der Waals surface area contributed by atoms with Crippen LogP contribution in [-0.4, -0.2) is 24.2 Å². The SMILES string of the molecule is COc1ccc(-c2nc(Cl)c(Br)c(C3CC3)n2)c(OC)c1. The highest BCUT2D eigenvalue weighted by Gasteiger charge is 2.29. The Morgan fingerprint density at radius 2 is 1.95 bits per heavy atom. The number of rotatable bonds is 4. The van der Waals surface area contributed by atoms with Crippen LogP contribution in [0.25, 0.3) is 11.4 Å². The van der Waals surface area contributed by atoms with Crippen LogP contribution < -0.4 is 9.47 Å².